The number of nitrogens with one attached hydrogen (secondary N) is 1. The molecule has 1 unspecified atom stereocenters. The van der Waals surface area contributed by atoms with Crippen molar-refractivity contribution < 1.29 is 13.9 Å². The Morgan fingerprint density at radius 2 is 2.22 bits per heavy atom. The van der Waals surface area contributed by atoms with Gasteiger partial charge in [0.15, 0.2) is 0 Å². The SMILES string of the molecule is CCCNC(COC1COC1)c1ccccc1F. The van der Waals surface area contributed by atoms with Gasteiger partial charge < -0.3 is 14.8 Å². The molecule has 1 aliphatic rings. The second-order valence-electron chi connectivity index (χ2n) is 4.52. The Labute approximate surface area is 107 Å². The van der Waals surface area contributed by atoms with Crippen LogP contribution in [0.25, 0.3) is 0 Å². The summed E-state index contributed by atoms with van der Waals surface area (Å²) >= 11 is 0. The Bertz CT molecular complexity index is 369. The summed E-state index contributed by atoms with van der Waals surface area (Å²) in [6.07, 6.45) is 1.18. The van der Waals surface area contributed by atoms with E-state index in [1.807, 2.05) is 12.1 Å². The van der Waals surface area contributed by atoms with Crippen LogP contribution in [0.5, 0.6) is 0 Å². The molecule has 1 aliphatic heterocycles. The lowest BCUT2D eigenvalue weighted by atomic mass is 10.1. The van der Waals surface area contributed by atoms with Crippen molar-refractivity contribution in [1.82, 2.24) is 5.32 Å². The van der Waals surface area contributed by atoms with Crippen LogP contribution in [0.1, 0.15) is 24.9 Å². The van der Waals surface area contributed by atoms with Crippen LogP contribution in [0, 0.1) is 5.82 Å². The van der Waals surface area contributed by atoms with Gasteiger partial charge in [-0.2, -0.15) is 0 Å². The van der Waals surface area contributed by atoms with E-state index in [9.17, 15) is 4.39 Å². The fourth-order valence-electron chi connectivity index (χ4n) is 1.88. The Morgan fingerprint density at radius 3 is 2.83 bits per heavy atom. The number of benzene rings is 1. The van der Waals surface area contributed by atoms with E-state index < -0.39 is 0 Å². The van der Waals surface area contributed by atoms with E-state index in [1.54, 1.807) is 6.07 Å². The van der Waals surface area contributed by atoms with Crippen LogP contribution in [0.4, 0.5) is 4.39 Å². The van der Waals surface area contributed by atoms with Gasteiger partial charge in [-0.3, -0.25) is 0 Å². The number of ether oxygens (including phenoxy) is 2. The van der Waals surface area contributed by atoms with Crippen molar-refractivity contribution >= 4 is 0 Å². The number of hydrogen-bond donors (Lipinski definition) is 1. The first-order valence-electron chi connectivity index (χ1n) is 6.48. The smallest absolute Gasteiger partial charge is 0.128 e. The average molecular weight is 253 g/mol. The normalized spacial score (nSPS) is 17.4. The van der Waals surface area contributed by atoms with Gasteiger partial charge >= 0.3 is 0 Å². The third-order valence-electron chi connectivity index (χ3n) is 3.03. The molecule has 3 nitrogen and oxygen atoms in total. The molecule has 1 fully saturated rings. The van der Waals surface area contributed by atoms with E-state index in [1.165, 1.54) is 6.07 Å². The first kappa shape index (κ1) is 13.5. The Balaban J connectivity index is 1.96. The van der Waals surface area contributed by atoms with Gasteiger partial charge in [0.1, 0.15) is 11.9 Å². The summed E-state index contributed by atoms with van der Waals surface area (Å²) in [6.45, 7) is 4.72. The maximum absolute atomic E-state index is 13.8. The van der Waals surface area contributed by atoms with Crippen molar-refractivity contribution in [3.05, 3.63) is 35.6 Å². The highest BCUT2D eigenvalue weighted by molar-refractivity contribution is 5.21. The predicted molar refractivity (Wildman–Crippen MR) is 68.0 cm³/mol. The molecule has 0 bridgehead atoms. The van der Waals surface area contributed by atoms with Crippen LogP contribution < -0.4 is 5.32 Å². The zero-order valence-electron chi connectivity index (χ0n) is 10.7. The fraction of sp³-hybridized carbons (Fsp3) is 0.571. The van der Waals surface area contributed by atoms with Gasteiger partial charge in [0, 0.05) is 5.56 Å². The molecule has 1 aromatic rings. The minimum atomic E-state index is -0.181. The van der Waals surface area contributed by atoms with Crippen molar-refractivity contribution in [3.63, 3.8) is 0 Å². The highest BCUT2D eigenvalue weighted by Crippen LogP contribution is 2.19. The van der Waals surface area contributed by atoms with Gasteiger partial charge in [-0.15, -0.1) is 0 Å². The third-order valence-corrected chi connectivity index (χ3v) is 3.03. The van der Waals surface area contributed by atoms with Crippen LogP contribution in [-0.2, 0) is 9.47 Å². The zero-order valence-corrected chi connectivity index (χ0v) is 10.7. The highest BCUT2D eigenvalue weighted by Gasteiger charge is 2.22. The topological polar surface area (TPSA) is 30.5 Å². The molecule has 0 radical (unpaired) electrons. The summed E-state index contributed by atoms with van der Waals surface area (Å²) in [6, 6.07) is 6.76. The minimum Gasteiger partial charge on any atom is -0.376 e. The van der Waals surface area contributed by atoms with E-state index in [0.717, 1.165) is 13.0 Å². The molecular weight excluding hydrogens is 233 g/mol. The van der Waals surface area contributed by atoms with Gasteiger partial charge in [-0.1, -0.05) is 25.1 Å². The fourth-order valence-corrected chi connectivity index (χ4v) is 1.88. The van der Waals surface area contributed by atoms with E-state index in [-0.39, 0.29) is 18.0 Å². The van der Waals surface area contributed by atoms with Crippen molar-refractivity contribution in [2.45, 2.75) is 25.5 Å². The molecule has 0 amide bonds. The Kier molecular flexibility index (Phi) is 5.11. The van der Waals surface area contributed by atoms with Crippen LogP contribution in [0.15, 0.2) is 24.3 Å². The lowest BCUT2D eigenvalue weighted by Crippen LogP contribution is -2.39. The van der Waals surface area contributed by atoms with E-state index in [0.29, 0.717) is 25.4 Å². The van der Waals surface area contributed by atoms with Crippen molar-refractivity contribution in [3.8, 4) is 0 Å². The summed E-state index contributed by atoms with van der Waals surface area (Å²) in [5.74, 6) is -0.181. The van der Waals surface area contributed by atoms with Crippen LogP contribution in [-0.4, -0.2) is 32.5 Å². The largest absolute Gasteiger partial charge is 0.376 e. The van der Waals surface area contributed by atoms with Gasteiger partial charge in [0.2, 0.25) is 0 Å². The first-order valence-corrected chi connectivity index (χ1v) is 6.48. The van der Waals surface area contributed by atoms with E-state index >= 15 is 0 Å². The Hall–Kier alpha value is -0.970. The average Bonchev–Trinajstić information content (AvgIpc) is 2.32. The van der Waals surface area contributed by atoms with Crippen molar-refractivity contribution in [1.29, 1.82) is 0 Å². The van der Waals surface area contributed by atoms with Crippen LogP contribution in [0.2, 0.25) is 0 Å². The Morgan fingerprint density at radius 1 is 1.44 bits per heavy atom. The molecule has 1 N–H and O–H groups in total. The second kappa shape index (κ2) is 6.83. The summed E-state index contributed by atoms with van der Waals surface area (Å²) in [5.41, 5.74) is 0.672. The molecule has 2 rings (SSSR count). The van der Waals surface area contributed by atoms with Gasteiger partial charge in [-0.25, -0.2) is 4.39 Å². The van der Waals surface area contributed by atoms with Crippen molar-refractivity contribution in [2.75, 3.05) is 26.4 Å². The van der Waals surface area contributed by atoms with Crippen molar-refractivity contribution in [2.24, 2.45) is 0 Å². The lowest BCUT2D eigenvalue weighted by molar-refractivity contribution is -0.133. The molecule has 0 saturated carbocycles. The molecule has 4 heteroatoms. The maximum atomic E-state index is 13.8. The minimum absolute atomic E-state index is 0.0910. The molecule has 1 aromatic carbocycles. The zero-order chi connectivity index (χ0) is 12.8. The summed E-state index contributed by atoms with van der Waals surface area (Å²) in [5, 5.41) is 3.32. The molecule has 1 atom stereocenters. The second-order valence-corrected chi connectivity index (χ2v) is 4.52. The predicted octanol–water partition coefficient (Wildman–Crippen LogP) is 2.28. The molecule has 0 aromatic heterocycles. The van der Waals surface area contributed by atoms with Crippen LogP contribution >= 0.6 is 0 Å². The summed E-state index contributed by atoms with van der Waals surface area (Å²) in [4.78, 5) is 0. The third kappa shape index (κ3) is 3.51. The van der Waals surface area contributed by atoms with Gasteiger partial charge in [0.25, 0.3) is 0 Å². The molecule has 100 valence electrons. The molecule has 1 saturated heterocycles. The summed E-state index contributed by atoms with van der Waals surface area (Å²) < 4.78 is 24.5. The van der Waals surface area contributed by atoms with Gasteiger partial charge in [0.05, 0.1) is 25.9 Å². The number of rotatable bonds is 7. The highest BCUT2D eigenvalue weighted by atomic mass is 19.1. The lowest BCUT2D eigenvalue weighted by Gasteiger charge is -2.28. The molecule has 0 spiro atoms. The molecule has 0 aliphatic carbocycles. The standard InChI is InChI=1S/C14H20FNO2/c1-2-7-16-14(10-18-11-8-17-9-11)12-5-3-4-6-13(12)15/h3-6,11,14,16H,2,7-10H2,1H3. The van der Waals surface area contributed by atoms with Gasteiger partial charge in [-0.05, 0) is 19.0 Å². The molecular formula is C14H20FNO2. The number of halogens is 1. The molecule has 1 heterocycles. The quantitative estimate of drug-likeness (QED) is 0.808. The van der Waals surface area contributed by atoms with E-state index in [2.05, 4.69) is 12.2 Å². The van der Waals surface area contributed by atoms with E-state index in [4.69, 9.17) is 9.47 Å². The molecule has 18 heavy (non-hydrogen) atoms. The maximum Gasteiger partial charge on any atom is 0.128 e. The summed E-state index contributed by atoms with van der Waals surface area (Å²) in [7, 11) is 0. The number of hydrogen-bond acceptors (Lipinski definition) is 3. The first-order chi connectivity index (χ1) is 8.81. The monoisotopic (exact) mass is 253 g/mol. The van der Waals surface area contributed by atoms with Crippen LogP contribution in [0.3, 0.4) is 0 Å².